The molecule has 190 valence electrons. The van der Waals surface area contributed by atoms with E-state index in [0.29, 0.717) is 25.2 Å². The van der Waals surface area contributed by atoms with Gasteiger partial charge < -0.3 is 15.2 Å². The van der Waals surface area contributed by atoms with Crippen molar-refractivity contribution in [2.45, 2.75) is 39.8 Å². The van der Waals surface area contributed by atoms with Gasteiger partial charge >= 0.3 is 5.97 Å². The van der Waals surface area contributed by atoms with Gasteiger partial charge in [0.1, 0.15) is 17.4 Å². The number of carbonyl (C=O) groups is 1. The molecular formula is C31H32N2O3S. The number of aromatic nitrogens is 1. The standard InChI is InChI=1S/C31H32N2O3S/c1-4-35-31(34)22(3)15-21(2)16-27-20-37-30(33-27)29(32)18-23-10-13-28(14-11-23)36-19-24-9-12-25-7-5-6-8-26(25)17-24/h5-17,20,29H,4,18-19,32H2,1-3H3/b21-16+,22-15-. The Morgan fingerprint density at radius 1 is 1.03 bits per heavy atom. The Morgan fingerprint density at radius 2 is 1.76 bits per heavy atom. The maximum absolute atomic E-state index is 11.8. The molecular weight excluding hydrogens is 480 g/mol. The van der Waals surface area contributed by atoms with Crippen LogP contribution in [-0.2, 0) is 22.6 Å². The largest absolute Gasteiger partial charge is 0.489 e. The van der Waals surface area contributed by atoms with E-state index >= 15 is 0 Å². The summed E-state index contributed by atoms with van der Waals surface area (Å²) in [5.41, 5.74) is 11.1. The number of fused-ring (bicyclic) bond motifs is 1. The summed E-state index contributed by atoms with van der Waals surface area (Å²) in [6.07, 6.45) is 4.43. The highest BCUT2D eigenvalue weighted by atomic mass is 32.1. The quantitative estimate of drug-likeness (QED) is 0.140. The van der Waals surface area contributed by atoms with Crippen molar-refractivity contribution >= 4 is 34.2 Å². The van der Waals surface area contributed by atoms with E-state index < -0.39 is 0 Å². The molecule has 5 nitrogen and oxygen atoms in total. The number of hydrogen-bond acceptors (Lipinski definition) is 6. The van der Waals surface area contributed by atoms with E-state index in [1.807, 2.05) is 42.6 Å². The Bertz CT molecular complexity index is 1420. The molecule has 0 radical (unpaired) electrons. The second-order valence-corrected chi connectivity index (χ2v) is 9.86. The molecule has 4 aromatic rings. The number of hydrogen-bond donors (Lipinski definition) is 1. The molecule has 0 bridgehead atoms. The molecule has 0 aliphatic heterocycles. The maximum Gasteiger partial charge on any atom is 0.333 e. The average Bonchev–Trinajstić information content (AvgIpc) is 3.36. The van der Waals surface area contributed by atoms with Gasteiger partial charge in [0.2, 0.25) is 0 Å². The third-order valence-corrected chi connectivity index (χ3v) is 6.87. The molecule has 0 spiro atoms. The van der Waals surface area contributed by atoms with Crippen LogP contribution in [0.1, 0.15) is 48.6 Å². The minimum atomic E-state index is -0.304. The van der Waals surface area contributed by atoms with E-state index in [2.05, 4.69) is 47.4 Å². The van der Waals surface area contributed by atoms with Gasteiger partial charge in [0, 0.05) is 11.0 Å². The monoisotopic (exact) mass is 512 g/mol. The van der Waals surface area contributed by atoms with E-state index in [1.54, 1.807) is 31.3 Å². The first kappa shape index (κ1) is 26.3. The fraction of sp³-hybridized carbons (Fsp3) is 0.226. The van der Waals surface area contributed by atoms with Crippen LogP contribution in [0.4, 0.5) is 0 Å². The van der Waals surface area contributed by atoms with E-state index in [0.717, 1.165) is 33.2 Å². The van der Waals surface area contributed by atoms with Gasteiger partial charge in [-0.25, -0.2) is 9.78 Å². The van der Waals surface area contributed by atoms with E-state index in [4.69, 9.17) is 15.2 Å². The van der Waals surface area contributed by atoms with E-state index in [9.17, 15) is 4.79 Å². The first-order valence-corrected chi connectivity index (χ1v) is 13.2. The lowest BCUT2D eigenvalue weighted by Crippen LogP contribution is -2.13. The zero-order chi connectivity index (χ0) is 26.2. The normalized spacial score (nSPS) is 13.0. The summed E-state index contributed by atoms with van der Waals surface area (Å²) < 4.78 is 11.0. The molecule has 0 aliphatic rings. The highest BCUT2D eigenvalue weighted by Crippen LogP contribution is 2.24. The Kier molecular flexibility index (Phi) is 8.88. The molecule has 0 fully saturated rings. The second kappa shape index (κ2) is 12.5. The summed E-state index contributed by atoms with van der Waals surface area (Å²) in [6.45, 7) is 6.36. The molecule has 1 aromatic heterocycles. The van der Waals surface area contributed by atoms with Crippen LogP contribution in [0.25, 0.3) is 16.8 Å². The van der Waals surface area contributed by atoms with Gasteiger partial charge in [-0.3, -0.25) is 0 Å². The predicted molar refractivity (Wildman–Crippen MR) is 152 cm³/mol. The first-order chi connectivity index (χ1) is 17.9. The van der Waals surface area contributed by atoms with Crippen LogP contribution in [0.5, 0.6) is 5.75 Å². The van der Waals surface area contributed by atoms with Crippen molar-refractivity contribution in [2.24, 2.45) is 5.73 Å². The van der Waals surface area contributed by atoms with Crippen molar-refractivity contribution in [1.82, 2.24) is 4.98 Å². The Hall–Kier alpha value is -3.74. The van der Waals surface area contributed by atoms with E-state index in [1.165, 1.54) is 10.8 Å². The number of nitrogens with zero attached hydrogens (tertiary/aromatic N) is 1. The van der Waals surface area contributed by atoms with Crippen molar-refractivity contribution < 1.29 is 14.3 Å². The third kappa shape index (κ3) is 7.38. The summed E-state index contributed by atoms with van der Waals surface area (Å²) in [5.74, 6) is 0.523. The fourth-order valence-corrected chi connectivity index (χ4v) is 4.79. The lowest BCUT2D eigenvalue weighted by Gasteiger charge is -2.11. The Balaban J connectivity index is 1.32. The van der Waals surface area contributed by atoms with Gasteiger partial charge in [-0.2, -0.15) is 0 Å². The minimum Gasteiger partial charge on any atom is -0.489 e. The van der Waals surface area contributed by atoms with E-state index in [-0.39, 0.29) is 12.0 Å². The predicted octanol–water partition coefficient (Wildman–Crippen LogP) is 7.03. The van der Waals surface area contributed by atoms with Crippen LogP contribution >= 0.6 is 11.3 Å². The molecule has 4 rings (SSSR count). The summed E-state index contributed by atoms with van der Waals surface area (Å²) in [5, 5.41) is 5.30. The highest BCUT2D eigenvalue weighted by Gasteiger charge is 2.12. The number of carbonyl (C=O) groups excluding carboxylic acids is 1. The van der Waals surface area contributed by atoms with Crippen molar-refractivity contribution in [3.8, 4) is 5.75 Å². The van der Waals surface area contributed by atoms with Crippen LogP contribution in [0.3, 0.4) is 0 Å². The molecule has 0 saturated carbocycles. The number of benzene rings is 3. The zero-order valence-corrected chi connectivity index (χ0v) is 22.3. The summed E-state index contributed by atoms with van der Waals surface area (Å²) in [7, 11) is 0. The number of allylic oxidation sites excluding steroid dienone is 2. The molecule has 0 saturated heterocycles. The van der Waals surface area contributed by atoms with Crippen molar-refractivity contribution in [1.29, 1.82) is 0 Å². The molecule has 1 heterocycles. The Morgan fingerprint density at radius 3 is 2.51 bits per heavy atom. The first-order valence-electron chi connectivity index (χ1n) is 12.4. The SMILES string of the molecule is CCOC(=O)/C(C)=C\C(C)=C\c1csc(C(N)Cc2ccc(OCc3ccc4ccccc4c3)cc2)n1. The van der Waals surface area contributed by atoms with Gasteiger partial charge in [-0.05, 0) is 85.0 Å². The van der Waals surface area contributed by atoms with Gasteiger partial charge in [-0.1, -0.05) is 48.5 Å². The summed E-state index contributed by atoms with van der Waals surface area (Å²) in [6, 6.07) is 22.6. The van der Waals surface area contributed by atoms with Crippen molar-refractivity contribution in [2.75, 3.05) is 6.61 Å². The molecule has 0 aliphatic carbocycles. The lowest BCUT2D eigenvalue weighted by molar-refractivity contribution is -0.138. The molecule has 0 amide bonds. The second-order valence-electron chi connectivity index (χ2n) is 8.97. The summed E-state index contributed by atoms with van der Waals surface area (Å²) in [4.78, 5) is 16.5. The van der Waals surface area contributed by atoms with Crippen LogP contribution in [-0.4, -0.2) is 17.6 Å². The molecule has 1 atom stereocenters. The van der Waals surface area contributed by atoms with Gasteiger partial charge in [0.15, 0.2) is 0 Å². The average molecular weight is 513 g/mol. The molecule has 37 heavy (non-hydrogen) atoms. The number of thiazole rings is 1. The number of rotatable bonds is 10. The van der Waals surface area contributed by atoms with Crippen molar-refractivity contribution in [3.63, 3.8) is 0 Å². The Labute approximate surface area is 222 Å². The smallest absolute Gasteiger partial charge is 0.333 e. The molecule has 2 N–H and O–H groups in total. The number of ether oxygens (including phenoxy) is 2. The van der Waals surface area contributed by atoms with Gasteiger partial charge in [-0.15, -0.1) is 11.3 Å². The third-order valence-electron chi connectivity index (χ3n) is 5.87. The lowest BCUT2D eigenvalue weighted by atomic mass is 10.1. The molecule has 1 unspecified atom stereocenters. The van der Waals surface area contributed by atoms with Crippen LogP contribution in [0, 0.1) is 0 Å². The van der Waals surface area contributed by atoms with Crippen LogP contribution < -0.4 is 10.5 Å². The fourth-order valence-electron chi connectivity index (χ4n) is 4.02. The summed E-state index contributed by atoms with van der Waals surface area (Å²) >= 11 is 1.54. The van der Waals surface area contributed by atoms with Crippen molar-refractivity contribution in [3.05, 3.63) is 111 Å². The number of nitrogens with two attached hydrogens (primary N) is 1. The van der Waals surface area contributed by atoms with Gasteiger partial charge in [0.05, 0.1) is 18.3 Å². The van der Waals surface area contributed by atoms with Crippen LogP contribution in [0.2, 0.25) is 0 Å². The van der Waals surface area contributed by atoms with Gasteiger partial charge in [0.25, 0.3) is 0 Å². The zero-order valence-electron chi connectivity index (χ0n) is 21.4. The topological polar surface area (TPSA) is 74.4 Å². The van der Waals surface area contributed by atoms with Crippen LogP contribution in [0.15, 0.2) is 89.3 Å². The minimum absolute atomic E-state index is 0.200. The molecule has 6 heteroatoms. The number of esters is 1. The highest BCUT2D eigenvalue weighted by molar-refractivity contribution is 7.09. The molecule has 3 aromatic carbocycles. The maximum atomic E-state index is 11.8.